The van der Waals surface area contributed by atoms with Gasteiger partial charge in [0.15, 0.2) is 0 Å². The number of nitrogens with zero attached hydrogens (tertiary/aromatic N) is 2. The zero-order valence-corrected chi connectivity index (χ0v) is 7.51. The van der Waals surface area contributed by atoms with Gasteiger partial charge in [-0.05, 0) is 12.5 Å². The molecular weight excluding hydrogens is 164 g/mol. The lowest BCUT2D eigenvalue weighted by Crippen LogP contribution is -2.27. The maximum absolute atomic E-state index is 9.38. The average Bonchev–Trinajstić information content (AvgIpc) is 2.18. The van der Waals surface area contributed by atoms with Gasteiger partial charge in [0, 0.05) is 0 Å². The Morgan fingerprint density at radius 3 is 2.62 bits per heavy atom. The molecule has 0 aliphatic heterocycles. The van der Waals surface area contributed by atoms with E-state index in [1.165, 1.54) is 0 Å². The lowest BCUT2D eigenvalue weighted by Gasteiger charge is -2.16. The van der Waals surface area contributed by atoms with Crippen LogP contribution in [0.3, 0.4) is 0 Å². The first-order valence-electron chi connectivity index (χ1n) is 4.13. The molecule has 1 N–H and O–H groups in total. The van der Waals surface area contributed by atoms with Crippen molar-refractivity contribution in [1.29, 1.82) is 5.26 Å². The second-order valence-electron chi connectivity index (χ2n) is 2.89. The van der Waals surface area contributed by atoms with Gasteiger partial charge in [-0.3, -0.25) is 0 Å². The van der Waals surface area contributed by atoms with Crippen LogP contribution in [0.4, 0.5) is 0 Å². The molecule has 3 heteroatoms. The molecule has 13 heavy (non-hydrogen) atoms. The molecule has 0 saturated carbocycles. The molecule has 0 saturated heterocycles. The van der Waals surface area contributed by atoms with Gasteiger partial charge in [0.25, 0.3) is 0 Å². The molecule has 1 aromatic rings. The Labute approximate surface area is 77.8 Å². The quantitative estimate of drug-likeness (QED) is 0.714. The van der Waals surface area contributed by atoms with Crippen molar-refractivity contribution in [2.24, 2.45) is 0 Å². The highest BCUT2D eigenvalue weighted by molar-refractivity contribution is 5.14. The highest BCUT2D eigenvalue weighted by Crippen LogP contribution is 2.04. The SMILES string of the molecule is C[C@@H](C#N)N(O)Cc1ccccc1. The monoisotopic (exact) mass is 176 g/mol. The van der Waals surface area contributed by atoms with Crippen molar-refractivity contribution in [1.82, 2.24) is 5.06 Å². The Kier molecular flexibility index (Phi) is 3.44. The normalized spacial score (nSPS) is 12.5. The third-order valence-electron chi connectivity index (χ3n) is 1.82. The maximum atomic E-state index is 9.38. The predicted molar refractivity (Wildman–Crippen MR) is 48.8 cm³/mol. The molecule has 3 nitrogen and oxygen atoms in total. The first-order valence-corrected chi connectivity index (χ1v) is 4.13. The summed E-state index contributed by atoms with van der Waals surface area (Å²) >= 11 is 0. The molecule has 0 radical (unpaired) electrons. The minimum Gasteiger partial charge on any atom is -0.312 e. The van der Waals surface area contributed by atoms with Crippen molar-refractivity contribution in [2.45, 2.75) is 19.5 Å². The van der Waals surface area contributed by atoms with Crippen LogP contribution in [0.1, 0.15) is 12.5 Å². The molecule has 0 aliphatic carbocycles. The Hall–Kier alpha value is -1.37. The van der Waals surface area contributed by atoms with Crippen molar-refractivity contribution in [3.63, 3.8) is 0 Å². The van der Waals surface area contributed by atoms with Crippen LogP contribution < -0.4 is 0 Å². The maximum Gasteiger partial charge on any atom is 0.119 e. The standard InChI is InChI=1S/C10H12N2O/c1-9(7-11)12(13)8-10-5-3-2-4-6-10/h2-6,9,13H,8H2,1H3/t9-/m0/s1. The van der Waals surface area contributed by atoms with Crippen LogP contribution in [0.25, 0.3) is 0 Å². The van der Waals surface area contributed by atoms with Crippen LogP contribution in [0.2, 0.25) is 0 Å². The average molecular weight is 176 g/mol. The van der Waals surface area contributed by atoms with Gasteiger partial charge >= 0.3 is 0 Å². The largest absolute Gasteiger partial charge is 0.312 e. The number of rotatable bonds is 3. The highest BCUT2D eigenvalue weighted by Gasteiger charge is 2.09. The van der Waals surface area contributed by atoms with E-state index in [9.17, 15) is 5.21 Å². The molecule has 68 valence electrons. The van der Waals surface area contributed by atoms with E-state index in [0.29, 0.717) is 6.54 Å². The van der Waals surface area contributed by atoms with E-state index in [1.807, 2.05) is 36.4 Å². The summed E-state index contributed by atoms with van der Waals surface area (Å²) in [7, 11) is 0. The van der Waals surface area contributed by atoms with Crippen molar-refractivity contribution in [3.05, 3.63) is 35.9 Å². The van der Waals surface area contributed by atoms with Crippen molar-refractivity contribution < 1.29 is 5.21 Å². The lowest BCUT2D eigenvalue weighted by molar-refractivity contribution is -0.115. The molecular formula is C10H12N2O. The predicted octanol–water partition coefficient (Wildman–Crippen LogP) is 1.79. The van der Waals surface area contributed by atoms with E-state index in [2.05, 4.69) is 0 Å². The van der Waals surface area contributed by atoms with Crippen LogP contribution in [0.15, 0.2) is 30.3 Å². The van der Waals surface area contributed by atoms with Gasteiger partial charge in [0.1, 0.15) is 6.04 Å². The summed E-state index contributed by atoms with van der Waals surface area (Å²) in [6.45, 7) is 2.04. The number of hydrogen-bond donors (Lipinski definition) is 1. The van der Waals surface area contributed by atoms with Crippen molar-refractivity contribution >= 4 is 0 Å². The fraction of sp³-hybridized carbons (Fsp3) is 0.300. The van der Waals surface area contributed by atoms with Gasteiger partial charge in [-0.15, -0.1) is 0 Å². The fourth-order valence-corrected chi connectivity index (χ4v) is 0.974. The summed E-state index contributed by atoms with van der Waals surface area (Å²) in [5.41, 5.74) is 0.993. The Balaban J connectivity index is 2.56. The second kappa shape index (κ2) is 4.61. The van der Waals surface area contributed by atoms with Gasteiger partial charge in [-0.2, -0.15) is 10.3 Å². The molecule has 0 amide bonds. The van der Waals surface area contributed by atoms with E-state index in [1.54, 1.807) is 6.92 Å². The highest BCUT2D eigenvalue weighted by atomic mass is 16.5. The third-order valence-corrected chi connectivity index (χ3v) is 1.82. The smallest absolute Gasteiger partial charge is 0.119 e. The molecule has 0 bridgehead atoms. The number of nitriles is 1. The van der Waals surface area contributed by atoms with Gasteiger partial charge in [0.05, 0.1) is 12.6 Å². The number of hydrogen-bond acceptors (Lipinski definition) is 3. The van der Waals surface area contributed by atoms with Gasteiger partial charge in [-0.25, -0.2) is 0 Å². The fourth-order valence-electron chi connectivity index (χ4n) is 0.974. The molecule has 0 fully saturated rings. The second-order valence-corrected chi connectivity index (χ2v) is 2.89. The van der Waals surface area contributed by atoms with Crippen LogP contribution in [-0.4, -0.2) is 16.3 Å². The Morgan fingerprint density at radius 2 is 2.08 bits per heavy atom. The molecule has 1 aromatic carbocycles. The van der Waals surface area contributed by atoms with E-state index >= 15 is 0 Å². The first-order chi connectivity index (χ1) is 6.24. The molecule has 1 atom stereocenters. The van der Waals surface area contributed by atoms with Crippen molar-refractivity contribution in [3.8, 4) is 6.07 Å². The number of hydroxylamine groups is 2. The van der Waals surface area contributed by atoms with E-state index in [-0.39, 0.29) is 0 Å². The summed E-state index contributed by atoms with van der Waals surface area (Å²) in [6, 6.07) is 11.0. The van der Waals surface area contributed by atoms with Gasteiger partial charge < -0.3 is 5.21 Å². The van der Waals surface area contributed by atoms with Gasteiger partial charge in [-0.1, -0.05) is 30.3 Å². The molecule has 0 aliphatic rings. The summed E-state index contributed by atoms with van der Waals surface area (Å²) < 4.78 is 0. The van der Waals surface area contributed by atoms with Gasteiger partial charge in [0.2, 0.25) is 0 Å². The molecule has 0 unspecified atom stereocenters. The van der Waals surface area contributed by atoms with E-state index in [0.717, 1.165) is 10.6 Å². The Morgan fingerprint density at radius 1 is 1.46 bits per heavy atom. The van der Waals surface area contributed by atoms with Crippen LogP contribution in [0.5, 0.6) is 0 Å². The molecule has 0 spiro atoms. The Bertz CT molecular complexity index is 292. The van der Waals surface area contributed by atoms with E-state index < -0.39 is 6.04 Å². The van der Waals surface area contributed by atoms with Crippen LogP contribution in [0, 0.1) is 11.3 Å². The summed E-state index contributed by atoms with van der Waals surface area (Å²) in [6.07, 6.45) is 0. The summed E-state index contributed by atoms with van der Waals surface area (Å²) in [4.78, 5) is 0. The first kappa shape index (κ1) is 9.72. The lowest BCUT2D eigenvalue weighted by atomic mass is 10.2. The van der Waals surface area contributed by atoms with E-state index in [4.69, 9.17) is 5.26 Å². The summed E-state index contributed by atoms with van der Waals surface area (Å²) in [5.74, 6) is 0. The summed E-state index contributed by atoms with van der Waals surface area (Å²) in [5, 5.41) is 18.9. The zero-order chi connectivity index (χ0) is 9.68. The molecule has 1 rings (SSSR count). The van der Waals surface area contributed by atoms with Crippen LogP contribution in [-0.2, 0) is 6.54 Å². The minimum atomic E-state index is -0.472. The molecule has 0 aromatic heterocycles. The zero-order valence-electron chi connectivity index (χ0n) is 7.51. The molecule has 0 heterocycles. The minimum absolute atomic E-state index is 0.384. The third kappa shape index (κ3) is 2.86. The number of benzene rings is 1. The van der Waals surface area contributed by atoms with Crippen LogP contribution >= 0.6 is 0 Å². The van der Waals surface area contributed by atoms with Crippen molar-refractivity contribution in [2.75, 3.05) is 0 Å². The topological polar surface area (TPSA) is 47.3 Å².